The van der Waals surface area contributed by atoms with Gasteiger partial charge in [0.1, 0.15) is 5.75 Å². The molecule has 0 aliphatic heterocycles. The fraction of sp³-hybridized carbons (Fsp3) is 0.267. The second-order valence-electron chi connectivity index (χ2n) is 3.17. The van der Waals surface area contributed by atoms with Crippen LogP contribution in [0.3, 0.4) is 0 Å². The van der Waals surface area contributed by atoms with Gasteiger partial charge in [-0.15, -0.1) is 0 Å². The molecule has 2 rings (SSSR count). The standard InChI is InChI=1S/C15H17NO2/c1-11(17)16-9-8-13-5-3-4-12-6-7-14(18-2)10-15(12)13/h3-7,10H,8-9H2,1-2H3,(H,16,17)/i2D3,3D,4D,5D,6D,7D,8D2,9D2,10D/hD. The van der Waals surface area contributed by atoms with Crippen LogP contribution in [0.5, 0.6) is 5.75 Å². The third-order valence-electron chi connectivity index (χ3n) is 1.91. The highest BCUT2D eigenvalue weighted by molar-refractivity contribution is 5.87. The predicted octanol–water partition coefficient (Wildman–Crippen LogP) is 2.53. The zero-order chi connectivity index (χ0) is 25.1. The summed E-state index contributed by atoms with van der Waals surface area (Å²) in [5.41, 5.74) is -1.06. The van der Waals surface area contributed by atoms with Crippen molar-refractivity contribution in [2.24, 2.45) is 0 Å². The average Bonchev–Trinajstić information content (AvgIpc) is 2.65. The van der Waals surface area contributed by atoms with Crippen molar-refractivity contribution >= 4 is 16.7 Å². The highest BCUT2D eigenvalue weighted by atomic mass is 16.5. The molecule has 1 amide bonds. The number of hydrogen-bond donors (Lipinski definition) is 1. The van der Waals surface area contributed by atoms with E-state index in [1.165, 1.54) is 0 Å². The minimum Gasteiger partial charge on any atom is -0.497 e. The van der Waals surface area contributed by atoms with Crippen molar-refractivity contribution < 1.29 is 28.8 Å². The summed E-state index contributed by atoms with van der Waals surface area (Å²) >= 11 is 0. The number of fused-ring (bicyclic) bond motifs is 1. The molecule has 0 fully saturated rings. The maximum atomic E-state index is 11.6. The SMILES string of the molecule is [2H]c1c([2H])c(C([2H])([2H])C([2H])([2H])N([2H])C(C)=O)c2c([2H])c(OC([2H])([2H])[2H])c([2H])c([2H])c2c1[2H]. The predicted molar refractivity (Wildman–Crippen MR) is 72.9 cm³/mol. The van der Waals surface area contributed by atoms with Gasteiger partial charge in [0.25, 0.3) is 0 Å². The van der Waals surface area contributed by atoms with Gasteiger partial charge in [-0.1, -0.05) is 24.2 Å². The normalized spacial score (nSPS) is 23.8. The molecule has 3 heteroatoms. The first-order valence-electron chi connectivity index (χ1n) is 11.8. The van der Waals surface area contributed by atoms with E-state index in [1.54, 1.807) is 0 Å². The largest absolute Gasteiger partial charge is 0.497 e. The molecule has 0 aliphatic carbocycles. The molecule has 0 unspecified atom stereocenters. The van der Waals surface area contributed by atoms with Crippen LogP contribution < -0.4 is 10.0 Å². The van der Waals surface area contributed by atoms with Gasteiger partial charge in [-0.3, -0.25) is 4.79 Å². The summed E-state index contributed by atoms with van der Waals surface area (Å²) in [6.07, 6.45) is -3.46. The monoisotopic (exact) mass is 257 g/mol. The molecule has 0 saturated heterocycles. The van der Waals surface area contributed by atoms with Gasteiger partial charge in [-0.2, -0.15) is 0 Å². The third-order valence-corrected chi connectivity index (χ3v) is 1.91. The highest BCUT2D eigenvalue weighted by Gasteiger charge is 2.03. The number of aryl methyl sites for hydroxylation is 1. The Bertz CT molecular complexity index is 1110. The zero-order valence-electron chi connectivity index (χ0n) is 23.3. The van der Waals surface area contributed by atoms with Gasteiger partial charge in [0.05, 0.1) is 19.4 Å². The van der Waals surface area contributed by atoms with Crippen molar-refractivity contribution in [1.29, 1.82) is 0 Å². The lowest BCUT2D eigenvalue weighted by molar-refractivity contribution is -0.118. The van der Waals surface area contributed by atoms with E-state index in [9.17, 15) is 4.79 Å². The molecule has 0 saturated carbocycles. The lowest BCUT2D eigenvalue weighted by Crippen LogP contribution is -2.22. The van der Waals surface area contributed by atoms with E-state index in [1.807, 2.05) is 0 Å². The summed E-state index contributed by atoms with van der Waals surface area (Å²) in [6.45, 7) is -2.67. The number of hydrogen-bond acceptors (Lipinski definition) is 2. The molecule has 2 aromatic rings. The lowest BCUT2D eigenvalue weighted by Gasteiger charge is -2.08. The Morgan fingerprint density at radius 1 is 1.56 bits per heavy atom. The number of carbonyl (C=O) groups is 1. The summed E-state index contributed by atoms with van der Waals surface area (Å²) in [5, 5.41) is -1.81. The smallest absolute Gasteiger partial charge is 0.216 e. The first-order valence-corrected chi connectivity index (χ1v) is 4.81. The molecule has 0 bridgehead atoms. The van der Waals surface area contributed by atoms with Gasteiger partial charge in [0.2, 0.25) is 5.91 Å². The van der Waals surface area contributed by atoms with E-state index in [4.69, 9.17) is 19.2 Å². The molecule has 0 radical (unpaired) electrons. The van der Waals surface area contributed by atoms with Gasteiger partial charge in [0, 0.05) is 18.9 Å². The Hall–Kier alpha value is -2.03. The minimum atomic E-state index is -3.46. The van der Waals surface area contributed by atoms with Gasteiger partial charge < -0.3 is 10.0 Å². The number of methoxy groups -OCH3 is 1. The molecular formula is C15H17NO2. The molecule has 0 heterocycles. The highest BCUT2D eigenvalue weighted by Crippen LogP contribution is 2.24. The molecule has 0 aromatic heterocycles. The number of ether oxygens (including phenoxy) is 1. The van der Waals surface area contributed by atoms with Crippen LogP contribution in [0.15, 0.2) is 36.3 Å². The van der Waals surface area contributed by atoms with Crippen molar-refractivity contribution in [3.05, 3.63) is 41.8 Å². The number of nitrogens with one attached hydrogen (secondary N) is 1. The fourth-order valence-electron chi connectivity index (χ4n) is 1.20. The Morgan fingerprint density at radius 3 is 3.22 bits per heavy atom. The summed E-state index contributed by atoms with van der Waals surface area (Å²) in [7, 11) is -3.19. The van der Waals surface area contributed by atoms with E-state index in [0.717, 1.165) is 6.92 Å². The van der Waals surface area contributed by atoms with Crippen LogP contribution in [-0.4, -0.2) is 19.4 Å². The van der Waals surface area contributed by atoms with Crippen LogP contribution in [0.25, 0.3) is 10.8 Å². The topological polar surface area (TPSA) is 38.3 Å². The molecule has 3 nitrogen and oxygen atoms in total. The van der Waals surface area contributed by atoms with Crippen LogP contribution >= 0.6 is 0 Å². The van der Waals surface area contributed by atoms with Crippen LogP contribution in [0.2, 0.25) is 1.41 Å². The number of carbonyl (C=O) groups excluding carboxylic acids is 1. The van der Waals surface area contributed by atoms with Crippen molar-refractivity contribution in [2.45, 2.75) is 13.3 Å². The van der Waals surface area contributed by atoms with Crippen LogP contribution in [0.1, 0.15) is 30.3 Å². The Balaban J connectivity index is 3.16. The summed E-state index contributed by atoms with van der Waals surface area (Å²) in [5.74, 6) is -2.20. The molecule has 0 atom stereocenters. The molecule has 2 aromatic carbocycles. The first-order chi connectivity index (χ1) is 14.3. The third kappa shape index (κ3) is 2.80. The van der Waals surface area contributed by atoms with Crippen LogP contribution in [-0.2, 0) is 11.2 Å². The quantitative estimate of drug-likeness (QED) is 0.914. The molecule has 1 N–H and O–H groups in total. The molecule has 0 aliphatic rings. The van der Waals surface area contributed by atoms with Gasteiger partial charge in [0.15, 0.2) is 1.41 Å². The van der Waals surface area contributed by atoms with E-state index in [0.29, 0.717) is 0 Å². The average molecular weight is 257 g/mol. The van der Waals surface area contributed by atoms with Crippen LogP contribution in [0.4, 0.5) is 0 Å². The molecule has 0 spiro atoms. The maximum Gasteiger partial charge on any atom is 0.216 e. The Labute approximate surface area is 126 Å². The van der Waals surface area contributed by atoms with Crippen molar-refractivity contribution in [1.82, 2.24) is 5.31 Å². The van der Waals surface area contributed by atoms with E-state index < -0.39 is 84.2 Å². The number of rotatable bonds is 4. The second kappa shape index (κ2) is 5.54. The van der Waals surface area contributed by atoms with E-state index in [-0.39, 0.29) is 5.31 Å². The lowest BCUT2D eigenvalue weighted by atomic mass is 10.0. The number of benzene rings is 2. The molecule has 94 valence electrons. The maximum absolute atomic E-state index is 11.6. The summed E-state index contributed by atoms with van der Waals surface area (Å²) in [6, 6.07) is -5.73. The van der Waals surface area contributed by atoms with Crippen molar-refractivity contribution in [2.75, 3.05) is 13.5 Å². The van der Waals surface area contributed by atoms with Gasteiger partial charge in [-0.05, 0) is 34.8 Å². The zero-order valence-corrected chi connectivity index (χ0v) is 9.26. The summed E-state index contributed by atoms with van der Waals surface area (Å²) < 4.78 is 115. The van der Waals surface area contributed by atoms with Gasteiger partial charge >= 0.3 is 0 Å². The van der Waals surface area contributed by atoms with Crippen molar-refractivity contribution in [3.63, 3.8) is 0 Å². The van der Waals surface area contributed by atoms with E-state index in [2.05, 4.69) is 4.74 Å². The Morgan fingerprint density at radius 2 is 2.44 bits per heavy atom. The molecular weight excluding hydrogens is 226 g/mol. The van der Waals surface area contributed by atoms with Gasteiger partial charge in [-0.25, -0.2) is 0 Å². The first kappa shape index (κ1) is 3.73. The second-order valence-corrected chi connectivity index (χ2v) is 3.17. The van der Waals surface area contributed by atoms with E-state index >= 15 is 0 Å². The van der Waals surface area contributed by atoms with Crippen LogP contribution in [0, 0.1) is 0 Å². The van der Waals surface area contributed by atoms with Crippen molar-refractivity contribution in [3.8, 4) is 5.75 Å². The molecule has 18 heavy (non-hydrogen) atoms. The Kier molecular flexibility index (Phi) is 1.15. The number of amides is 1. The minimum absolute atomic E-state index is 0.333. The summed E-state index contributed by atoms with van der Waals surface area (Å²) in [4.78, 5) is 11.6. The fourth-order valence-corrected chi connectivity index (χ4v) is 1.20.